The molecule has 6 heteroatoms. The molecule has 1 aromatic rings. The maximum Gasteiger partial charge on any atom is 0.234 e. The summed E-state index contributed by atoms with van der Waals surface area (Å²) < 4.78 is 37.9. The predicted molar refractivity (Wildman–Crippen MR) is 54.3 cm³/mol. The van der Waals surface area contributed by atoms with Crippen LogP contribution < -0.4 is 4.72 Å². The molecule has 1 fully saturated rings. The van der Waals surface area contributed by atoms with Gasteiger partial charge in [-0.2, -0.15) is 4.39 Å². The highest BCUT2D eigenvalue weighted by Gasteiger charge is 2.28. The van der Waals surface area contributed by atoms with Gasteiger partial charge in [0.15, 0.2) is 0 Å². The van der Waals surface area contributed by atoms with Crippen LogP contribution >= 0.6 is 0 Å². The molecular formula is C9H11FN2O2S. The van der Waals surface area contributed by atoms with Gasteiger partial charge in [-0.25, -0.2) is 13.4 Å². The lowest BCUT2D eigenvalue weighted by molar-refractivity contribution is 0.584. The number of nitrogens with one attached hydrogen (secondary N) is 1. The third-order valence-electron chi connectivity index (χ3n) is 2.13. The van der Waals surface area contributed by atoms with Crippen molar-refractivity contribution < 1.29 is 12.8 Å². The van der Waals surface area contributed by atoms with Crippen LogP contribution in [0.25, 0.3) is 0 Å². The van der Waals surface area contributed by atoms with Gasteiger partial charge in [0, 0.05) is 0 Å². The van der Waals surface area contributed by atoms with Crippen LogP contribution in [0, 0.1) is 11.9 Å². The standard InChI is InChI=1S/C9H11FN2O2S/c10-8-2-1-3-9(11-8)12-15(13,14)6-7-4-5-7/h1-3,7H,4-6H2,(H,11,12). The quantitative estimate of drug-likeness (QED) is 0.795. The molecule has 1 heterocycles. The summed E-state index contributed by atoms with van der Waals surface area (Å²) in [5.74, 6) is -0.293. The molecule has 0 aliphatic heterocycles. The highest BCUT2D eigenvalue weighted by Crippen LogP contribution is 2.30. The van der Waals surface area contributed by atoms with Gasteiger partial charge in [0.1, 0.15) is 5.82 Å². The number of pyridine rings is 1. The molecule has 1 saturated carbocycles. The van der Waals surface area contributed by atoms with Gasteiger partial charge in [-0.15, -0.1) is 0 Å². The van der Waals surface area contributed by atoms with Crippen LogP contribution in [0.15, 0.2) is 18.2 Å². The molecule has 82 valence electrons. The van der Waals surface area contributed by atoms with E-state index in [4.69, 9.17) is 0 Å². The highest BCUT2D eigenvalue weighted by atomic mass is 32.2. The van der Waals surface area contributed by atoms with E-state index in [1.54, 1.807) is 0 Å². The molecule has 0 spiro atoms. The second-order valence-corrected chi connectivity index (χ2v) is 5.44. The summed E-state index contributed by atoms with van der Waals surface area (Å²) in [6.07, 6.45) is 1.91. The molecule has 15 heavy (non-hydrogen) atoms. The molecule has 0 unspecified atom stereocenters. The lowest BCUT2D eigenvalue weighted by atomic mass is 10.5. The molecule has 1 N–H and O–H groups in total. The fourth-order valence-corrected chi connectivity index (χ4v) is 2.73. The SMILES string of the molecule is O=S(=O)(CC1CC1)Nc1cccc(F)n1. The van der Waals surface area contributed by atoms with Crippen molar-refractivity contribution in [3.05, 3.63) is 24.1 Å². The van der Waals surface area contributed by atoms with Crippen LogP contribution in [-0.2, 0) is 10.0 Å². The van der Waals surface area contributed by atoms with Gasteiger partial charge in [-0.3, -0.25) is 4.72 Å². The van der Waals surface area contributed by atoms with E-state index in [9.17, 15) is 12.8 Å². The minimum absolute atomic E-state index is 0.0376. The van der Waals surface area contributed by atoms with Crippen molar-refractivity contribution in [2.24, 2.45) is 5.92 Å². The molecule has 0 atom stereocenters. The van der Waals surface area contributed by atoms with Crippen molar-refractivity contribution in [3.63, 3.8) is 0 Å². The Labute approximate surface area is 87.6 Å². The average molecular weight is 230 g/mol. The summed E-state index contributed by atoms with van der Waals surface area (Å²) in [6, 6.07) is 4.00. The molecule has 1 aliphatic carbocycles. The van der Waals surface area contributed by atoms with E-state index in [1.807, 2.05) is 0 Å². The number of halogens is 1. The topological polar surface area (TPSA) is 59.1 Å². The minimum atomic E-state index is -3.37. The van der Waals surface area contributed by atoms with E-state index in [0.717, 1.165) is 12.8 Å². The zero-order valence-electron chi connectivity index (χ0n) is 7.98. The normalized spacial score (nSPS) is 16.3. The van der Waals surface area contributed by atoms with Gasteiger partial charge in [0.05, 0.1) is 5.75 Å². The van der Waals surface area contributed by atoms with E-state index in [2.05, 4.69) is 9.71 Å². The maximum absolute atomic E-state index is 12.7. The summed E-state index contributed by atoms with van der Waals surface area (Å²) in [7, 11) is -3.37. The van der Waals surface area contributed by atoms with Gasteiger partial charge in [0.2, 0.25) is 16.0 Å². The van der Waals surface area contributed by atoms with E-state index in [-0.39, 0.29) is 17.5 Å². The van der Waals surface area contributed by atoms with E-state index in [1.165, 1.54) is 18.2 Å². The fourth-order valence-electron chi connectivity index (χ4n) is 1.26. The van der Waals surface area contributed by atoms with Crippen molar-refractivity contribution >= 4 is 15.8 Å². The molecule has 2 rings (SSSR count). The van der Waals surface area contributed by atoms with Crippen molar-refractivity contribution in [2.75, 3.05) is 10.5 Å². The third-order valence-corrected chi connectivity index (χ3v) is 3.56. The van der Waals surface area contributed by atoms with Crippen molar-refractivity contribution in [1.82, 2.24) is 4.98 Å². The zero-order valence-corrected chi connectivity index (χ0v) is 8.80. The van der Waals surface area contributed by atoms with Crippen molar-refractivity contribution in [1.29, 1.82) is 0 Å². The Balaban J connectivity index is 2.06. The third kappa shape index (κ3) is 3.16. The number of hydrogen-bond donors (Lipinski definition) is 1. The second-order valence-electron chi connectivity index (χ2n) is 3.67. The number of sulfonamides is 1. The Morgan fingerprint density at radius 3 is 2.80 bits per heavy atom. The molecule has 1 aliphatic rings. The average Bonchev–Trinajstić information content (AvgIpc) is 2.86. The van der Waals surface area contributed by atoms with Crippen LogP contribution in [0.4, 0.5) is 10.2 Å². The first kappa shape index (κ1) is 10.4. The smallest absolute Gasteiger partial charge is 0.234 e. The zero-order chi connectivity index (χ0) is 10.9. The summed E-state index contributed by atoms with van der Waals surface area (Å²) in [4.78, 5) is 3.43. The lowest BCUT2D eigenvalue weighted by Gasteiger charge is -2.05. The van der Waals surface area contributed by atoms with Crippen LogP contribution in [-0.4, -0.2) is 19.2 Å². The fraction of sp³-hybridized carbons (Fsp3) is 0.444. The second kappa shape index (κ2) is 3.77. The Kier molecular flexibility index (Phi) is 2.60. The number of anilines is 1. The number of aromatic nitrogens is 1. The number of rotatable bonds is 4. The Morgan fingerprint density at radius 2 is 2.20 bits per heavy atom. The first-order valence-corrected chi connectivity index (χ1v) is 6.33. The van der Waals surface area contributed by atoms with Gasteiger partial charge in [-0.05, 0) is 30.9 Å². The monoisotopic (exact) mass is 230 g/mol. The molecule has 4 nitrogen and oxygen atoms in total. The van der Waals surface area contributed by atoms with Crippen LogP contribution in [0.5, 0.6) is 0 Å². The minimum Gasteiger partial charge on any atom is -0.267 e. The Hall–Kier alpha value is -1.17. The van der Waals surface area contributed by atoms with Crippen molar-refractivity contribution in [3.8, 4) is 0 Å². The summed E-state index contributed by atoms with van der Waals surface area (Å²) >= 11 is 0. The van der Waals surface area contributed by atoms with E-state index >= 15 is 0 Å². The van der Waals surface area contributed by atoms with Gasteiger partial charge < -0.3 is 0 Å². The van der Waals surface area contributed by atoms with Crippen molar-refractivity contribution in [2.45, 2.75) is 12.8 Å². The molecule has 1 aromatic heterocycles. The lowest BCUT2D eigenvalue weighted by Crippen LogP contribution is -2.18. The van der Waals surface area contributed by atoms with Crippen LogP contribution in [0.3, 0.4) is 0 Å². The summed E-state index contributed by atoms with van der Waals surface area (Å²) in [5.41, 5.74) is 0. The molecule has 0 saturated heterocycles. The number of hydrogen-bond acceptors (Lipinski definition) is 3. The Bertz CT molecular complexity index is 457. The largest absolute Gasteiger partial charge is 0.267 e. The summed E-state index contributed by atoms with van der Waals surface area (Å²) in [5, 5.41) is 0. The highest BCUT2D eigenvalue weighted by molar-refractivity contribution is 7.92. The van der Waals surface area contributed by atoms with E-state index < -0.39 is 16.0 Å². The molecule has 0 amide bonds. The predicted octanol–water partition coefficient (Wildman–Crippen LogP) is 1.37. The molecule has 0 radical (unpaired) electrons. The van der Waals surface area contributed by atoms with Crippen LogP contribution in [0.1, 0.15) is 12.8 Å². The maximum atomic E-state index is 12.7. The van der Waals surface area contributed by atoms with Crippen LogP contribution in [0.2, 0.25) is 0 Å². The first-order chi connectivity index (χ1) is 7.05. The van der Waals surface area contributed by atoms with Gasteiger partial charge >= 0.3 is 0 Å². The number of nitrogens with zero attached hydrogens (tertiary/aromatic N) is 1. The Morgan fingerprint density at radius 1 is 1.47 bits per heavy atom. The van der Waals surface area contributed by atoms with Gasteiger partial charge in [-0.1, -0.05) is 6.07 Å². The summed E-state index contributed by atoms with van der Waals surface area (Å²) in [6.45, 7) is 0. The molecular weight excluding hydrogens is 219 g/mol. The first-order valence-electron chi connectivity index (χ1n) is 4.68. The molecule has 0 bridgehead atoms. The van der Waals surface area contributed by atoms with Gasteiger partial charge in [0.25, 0.3) is 0 Å². The molecule has 0 aromatic carbocycles. The van der Waals surface area contributed by atoms with E-state index in [0.29, 0.717) is 0 Å².